The van der Waals surface area contributed by atoms with Crippen LogP contribution < -0.4 is 14.5 Å². The van der Waals surface area contributed by atoms with Gasteiger partial charge < -0.3 is 14.5 Å². The molecule has 0 unspecified atom stereocenters. The summed E-state index contributed by atoms with van der Waals surface area (Å²) in [5.41, 5.74) is 6.17. The molecule has 0 aliphatic rings. The fourth-order valence-electron chi connectivity index (χ4n) is 5.33. The summed E-state index contributed by atoms with van der Waals surface area (Å²) in [7, 11) is -2.14. The van der Waals surface area contributed by atoms with Gasteiger partial charge in [0, 0.05) is 11.3 Å². The molecule has 0 bridgehead atoms. The fourth-order valence-corrected chi connectivity index (χ4v) is 11.3. The van der Waals surface area contributed by atoms with Gasteiger partial charge in [-0.15, -0.1) is 0 Å². The Labute approximate surface area is 251 Å². The van der Waals surface area contributed by atoms with Crippen molar-refractivity contribution in [3.05, 3.63) is 85.8 Å². The van der Waals surface area contributed by atoms with Crippen LogP contribution in [0.1, 0.15) is 58.2 Å². The molecule has 0 spiro atoms. The Kier molecular flexibility index (Phi) is 11.0. The van der Waals surface area contributed by atoms with Crippen LogP contribution in [0.5, 0.6) is 11.5 Å². The molecule has 204 valence electrons. The fraction of sp³-hybridized carbons (Fsp3) is 0.355. The smallest absolute Gasteiger partial charge is 0.258 e. The first kappa shape index (κ1) is 30.8. The van der Waals surface area contributed by atoms with Gasteiger partial charge in [0.25, 0.3) is 8.32 Å². The van der Waals surface area contributed by atoms with Crippen LogP contribution in [0.4, 0.5) is 11.4 Å². The van der Waals surface area contributed by atoms with Gasteiger partial charge in [0.15, 0.2) is 0 Å². The molecular formula is C31H38Br2ClNO2Si. The second-order valence-electron chi connectivity index (χ2n) is 10.5. The van der Waals surface area contributed by atoms with Crippen molar-refractivity contribution in [3.8, 4) is 11.5 Å². The molecule has 3 aromatic carbocycles. The zero-order valence-corrected chi connectivity index (χ0v) is 28.2. The standard InChI is InChI=1S/C31H38Br2ClNO2Si/c1-20(2)38(21(3)4,22(5)6)37-27-17-16-26(23(7)30(27)34)35-31-25(18-29(32)33)14-11-15-28(31)36-19-24-12-9-8-10-13-24/h8-18,20-22,35H,19H2,1-7H3. The van der Waals surface area contributed by atoms with Crippen molar-refractivity contribution in [3.63, 3.8) is 0 Å². The predicted molar refractivity (Wildman–Crippen MR) is 174 cm³/mol. The molecule has 0 radical (unpaired) electrons. The van der Waals surface area contributed by atoms with Gasteiger partial charge in [-0.05, 0) is 90.8 Å². The summed E-state index contributed by atoms with van der Waals surface area (Å²) >= 11 is 14.0. The summed E-state index contributed by atoms with van der Waals surface area (Å²) in [6, 6.07) is 20.2. The summed E-state index contributed by atoms with van der Waals surface area (Å²) < 4.78 is 14.0. The van der Waals surface area contributed by atoms with Gasteiger partial charge in [-0.1, -0.05) is 95.6 Å². The Morgan fingerprint density at radius 1 is 0.868 bits per heavy atom. The van der Waals surface area contributed by atoms with Crippen molar-refractivity contribution in [2.75, 3.05) is 5.32 Å². The third-order valence-corrected chi connectivity index (χ3v) is 14.1. The minimum absolute atomic E-state index is 0.461. The second kappa shape index (κ2) is 13.6. The third-order valence-electron chi connectivity index (χ3n) is 7.16. The maximum Gasteiger partial charge on any atom is 0.258 e. The molecule has 0 aliphatic heterocycles. The van der Waals surface area contributed by atoms with E-state index in [1.165, 1.54) is 0 Å². The Morgan fingerprint density at radius 3 is 2.08 bits per heavy atom. The first-order valence-electron chi connectivity index (χ1n) is 13.0. The van der Waals surface area contributed by atoms with Gasteiger partial charge in [0.1, 0.15) is 18.1 Å². The van der Waals surface area contributed by atoms with E-state index in [2.05, 4.69) is 96.9 Å². The highest BCUT2D eigenvalue weighted by molar-refractivity contribution is 9.28. The van der Waals surface area contributed by atoms with E-state index in [0.29, 0.717) is 28.3 Å². The van der Waals surface area contributed by atoms with Crippen LogP contribution >= 0.6 is 43.5 Å². The zero-order valence-electron chi connectivity index (χ0n) is 23.2. The maximum atomic E-state index is 6.99. The van der Waals surface area contributed by atoms with Crippen LogP contribution in [0.2, 0.25) is 21.6 Å². The minimum Gasteiger partial charge on any atom is -0.542 e. The van der Waals surface area contributed by atoms with Gasteiger partial charge in [0.05, 0.1) is 14.1 Å². The van der Waals surface area contributed by atoms with E-state index in [9.17, 15) is 0 Å². The monoisotopic (exact) mass is 677 g/mol. The Hall–Kier alpha value is -1.73. The normalized spacial score (nSPS) is 11.7. The SMILES string of the molecule is Cc1c(Nc2c(C=C(Br)Br)cccc2OCc2ccccc2)ccc(O[Si](C(C)C)(C(C)C)C(C)C)c1Cl. The average Bonchev–Trinajstić information content (AvgIpc) is 2.86. The lowest BCUT2D eigenvalue weighted by Crippen LogP contribution is -2.50. The van der Waals surface area contributed by atoms with Crippen LogP contribution in [0, 0.1) is 6.92 Å². The molecule has 3 aromatic rings. The van der Waals surface area contributed by atoms with E-state index in [4.69, 9.17) is 20.8 Å². The molecule has 7 heteroatoms. The Morgan fingerprint density at radius 2 is 1.50 bits per heavy atom. The number of hydrogen-bond acceptors (Lipinski definition) is 3. The molecular weight excluding hydrogens is 642 g/mol. The minimum atomic E-state index is -2.14. The molecule has 0 aliphatic carbocycles. The van der Waals surface area contributed by atoms with Gasteiger partial charge in [-0.2, -0.15) is 0 Å². The van der Waals surface area contributed by atoms with Gasteiger partial charge >= 0.3 is 0 Å². The summed E-state index contributed by atoms with van der Waals surface area (Å²) in [5.74, 6) is 1.53. The van der Waals surface area contributed by atoms with Crippen LogP contribution in [0.25, 0.3) is 6.08 Å². The van der Waals surface area contributed by atoms with Crippen molar-refractivity contribution in [2.45, 2.75) is 71.7 Å². The first-order valence-corrected chi connectivity index (χ1v) is 17.1. The number of nitrogens with one attached hydrogen (secondary N) is 1. The number of halogens is 3. The molecule has 0 fully saturated rings. The number of ether oxygens (including phenoxy) is 1. The van der Waals surface area contributed by atoms with E-state index < -0.39 is 8.32 Å². The lowest BCUT2D eigenvalue weighted by atomic mass is 10.1. The van der Waals surface area contributed by atoms with Crippen molar-refractivity contribution in [1.82, 2.24) is 0 Å². The third kappa shape index (κ3) is 7.06. The van der Waals surface area contributed by atoms with Gasteiger partial charge in [-0.25, -0.2) is 0 Å². The quantitative estimate of drug-likeness (QED) is 0.205. The van der Waals surface area contributed by atoms with E-state index in [-0.39, 0.29) is 0 Å². The Bertz CT molecular complexity index is 1240. The molecule has 0 aromatic heterocycles. The van der Waals surface area contributed by atoms with E-state index in [0.717, 1.165) is 43.0 Å². The van der Waals surface area contributed by atoms with Crippen LogP contribution in [0.15, 0.2) is 64.1 Å². The van der Waals surface area contributed by atoms with Crippen LogP contribution in [0.3, 0.4) is 0 Å². The van der Waals surface area contributed by atoms with Gasteiger partial charge in [0.2, 0.25) is 0 Å². The number of anilines is 2. The lowest BCUT2D eigenvalue weighted by Gasteiger charge is -2.42. The predicted octanol–water partition coefficient (Wildman–Crippen LogP) is 11.6. The summed E-state index contributed by atoms with van der Waals surface area (Å²) in [6.45, 7) is 16.2. The van der Waals surface area contributed by atoms with Crippen molar-refractivity contribution in [1.29, 1.82) is 0 Å². The zero-order chi connectivity index (χ0) is 28.0. The van der Waals surface area contributed by atoms with Gasteiger partial charge in [-0.3, -0.25) is 0 Å². The van der Waals surface area contributed by atoms with E-state index in [1.54, 1.807) is 0 Å². The number of benzene rings is 3. The molecule has 0 saturated carbocycles. The van der Waals surface area contributed by atoms with Crippen molar-refractivity contribution < 1.29 is 9.16 Å². The van der Waals surface area contributed by atoms with Crippen LogP contribution in [-0.4, -0.2) is 8.32 Å². The summed E-state index contributed by atoms with van der Waals surface area (Å²) in [5, 5.41) is 4.26. The topological polar surface area (TPSA) is 30.5 Å². The molecule has 1 N–H and O–H groups in total. The molecule has 38 heavy (non-hydrogen) atoms. The van der Waals surface area contributed by atoms with E-state index >= 15 is 0 Å². The second-order valence-corrected chi connectivity index (χ2v) is 19.0. The summed E-state index contributed by atoms with van der Waals surface area (Å²) in [4.78, 5) is 0. The molecule has 3 rings (SSSR count). The number of para-hydroxylation sites is 1. The highest BCUT2D eigenvalue weighted by Gasteiger charge is 2.47. The average molecular weight is 680 g/mol. The largest absolute Gasteiger partial charge is 0.542 e. The van der Waals surface area contributed by atoms with Crippen LogP contribution in [-0.2, 0) is 6.61 Å². The number of hydrogen-bond donors (Lipinski definition) is 1. The first-order chi connectivity index (χ1) is 18.0. The maximum absolute atomic E-state index is 6.99. The molecule has 0 saturated heterocycles. The molecule has 0 heterocycles. The highest BCUT2D eigenvalue weighted by Crippen LogP contribution is 2.46. The van der Waals surface area contributed by atoms with Crippen molar-refractivity contribution in [2.24, 2.45) is 0 Å². The Balaban J connectivity index is 1.99. The highest BCUT2D eigenvalue weighted by atomic mass is 79.9. The number of rotatable bonds is 11. The molecule has 3 nitrogen and oxygen atoms in total. The molecule has 0 atom stereocenters. The van der Waals surface area contributed by atoms with E-state index in [1.807, 2.05) is 55.5 Å². The lowest BCUT2D eigenvalue weighted by molar-refractivity contribution is 0.308. The van der Waals surface area contributed by atoms with Crippen molar-refractivity contribution >= 4 is 69.2 Å². The molecule has 0 amide bonds. The summed E-state index contributed by atoms with van der Waals surface area (Å²) in [6.07, 6.45) is 2.00.